The first kappa shape index (κ1) is 17.9. The quantitative estimate of drug-likeness (QED) is 0.625. The van der Waals surface area contributed by atoms with Crippen LogP contribution in [0.25, 0.3) is 0 Å². The van der Waals surface area contributed by atoms with Crippen molar-refractivity contribution < 1.29 is 35.3 Å². The lowest BCUT2D eigenvalue weighted by Crippen LogP contribution is -2.53. The van der Waals surface area contributed by atoms with Crippen molar-refractivity contribution in [3.63, 3.8) is 0 Å². The minimum absolute atomic E-state index is 0.198. The first-order chi connectivity index (χ1) is 9.67. The van der Waals surface area contributed by atoms with E-state index in [1.165, 1.54) is 0 Å². The average molecular weight is 348 g/mol. The fourth-order valence-corrected chi connectivity index (χ4v) is 4.15. The second-order valence-corrected chi connectivity index (χ2v) is 8.68. The van der Waals surface area contributed by atoms with Gasteiger partial charge in [0.15, 0.2) is 0 Å². The van der Waals surface area contributed by atoms with E-state index >= 15 is 0 Å². The molecule has 4 unspecified atom stereocenters. The summed E-state index contributed by atoms with van der Waals surface area (Å²) >= 11 is 0. The predicted molar refractivity (Wildman–Crippen MR) is 70.4 cm³/mol. The summed E-state index contributed by atoms with van der Waals surface area (Å²) in [6, 6.07) is 0. The Balaban J connectivity index is 2.16. The van der Waals surface area contributed by atoms with Gasteiger partial charge in [-0.05, 0) is 51.9 Å². The van der Waals surface area contributed by atoms with Crippen LogP contribution >= 0.6 is 0 Å². The third kappa shape index (κ3) is 2.87. The topological polar surface area (TPSA) is 63.6 Å². The Kier molecular flexibility index (Phi) is 4.11. The van der Waals surface area contributed by atoms with Crippen molar-refractivity contribution in [2.75, 3.05) is 0 Å². The smallest absolute Gasteiger partial charge is 0.372 e. The third-order valence-electron chi connectivity index (χ3n) is 4.47. The molecule has 0 saturated heterocycles. The Labute approximate surface area is 127 Å². The molecule has 2 saturated carbocycles. The van der Waals surface area contributed by atoms with Gasteiger partial charge in [0.1, 0.15) is 0 Å². The van der Waals surface area contributed by atoms with Crippen molar-refractivity contribution in [3.05, 3.63) is 0 Å². The van der Waals surface area contributed by atoms with Crippen LogP contribution < -0.4 is 0 Å². The Hall–Kier alpha value is -0.410. The van der Waals surface area contributed by atoms with Gasteiger partial charge in [-0.2, -0.15) is 26.0 Å². The van der Waals surface area contributed by atoms with Crippen LogP contribution in [-0.4, -0.2) is 35.9 Å². The summed E-state index contributed by atoms with van der Waals surface area (Å²) in [5, 5.41) is -5.48. The van der Waals surface area contributed by atoms with E-state index in [1.807, 2.05) is 20.8 Å². The molecule has 2 fully saturated rings. The van der Waals surface area contributed by atoms with E-state index in [0.29, 0.717) is 6.42 Å². The summed E-state index contributed by atoms with van der Waals surface area (Å²) in [4.78, 5) is 0. The molecule has 0 radical (unpaired) electrons. The molecule has 1 N–H and O–H groups in total. The Morgan fingerprint density at radius 3 is 1.91 bits per heavy atom. The summed E-state index contributed by atoms with van der Waals surface area (Å²) < 4.78 is 90.3. The molecule has 2 rings (SSSR count). The zero-order valence-electron chi connectivity index (χ0n) is 12.5. The molecule has 0 spiro atoms. The normalized spacial score (nSPS) is 33.5. The molecule has 22 heavy (non-hydrogen) atoms. The van der Waals surface area contributed by atoms with Gasteiger partial charge < -0.3 is 4.74 Å². The van der Waals surface area contributed by atoms with Gasteiger partial charge in [0.2, 0.25) is 0 Å². The molecule has 4 nitrogen and oxygen atoms in total. The maximum Gasteiger partial charge on any atom is 0.431 e. The van der Waals surface area contributed by atoms with Crippen molar-refractivity contribution in [2.45, 2.75) is 62.9 Å². The van der Waals surface area contributed by atoms with Gasteiger partial charge in [-0.3, -0.25) is 4.55 Å². The number of alkyl halides is 4. The van der Waals surface area contributed by atoms with Gasteiger partial charge in [0.25, 0.3) is 0 Å². The molecule has 130 valence electrons. The van der Waals surface area contributed by atoms with Gasteiger partial charge in [-0.1, -0.05) is 0 Å². The van der Waals surface area contributed by atoms with Crippen molar-refractivity contribution >= 4 is 10.1 Å². The first-order valence-corrected chi connectivity index (χ1v) is 8.51. The predicted octanol–water partition coefficient (Wildman–Crippen LogP) is 3.33. The zero-order chi connectivity index (χ0) is 17.1. The van der Waals surface area contributed by atoms with Crippen LogP contribution in [0.2, 0.25) is 0 Å². The van der Waals surface area contributed by atoms with Gasteiger partial charge in [0.05, 0.1) is 11.7 Å². The fourth-order valence-electron chi connectivity index (χ4n) is 3.65. The van der Waals surface area contributed by atoms with E-state index in [0.717, 1.165) is 0 Å². The van der Waals surface area contributed by atoms with Crippen LogP contribution in [0.3, 0.4) is 0 Å². The highest BCUT2D eigenvalue weighted by Gasteiger charge is 2.72. The minimum atomic E-state index is -6.17. The Bertz CT molecular complexity index is 541. The van der Waals surface area contributed by atoms with Crippen LogP contribution in [0, 0.1) is 17.8 Å². The first-order valence-electron chi connectivity index (χ1n) is 7.07. The van der Waals surface area contributed by atoms with E-state index in [-0.39, 0.29) is 24.9 Å². The lowest BCUT2D eigenvalue weighted by atomic mass is 9.82. The lowest BCUT2D eigenvalue weighted by molar-refractivity contribution is -0.208. The number of rotatable bonds is 4. The molecule has 4 atom stereocenters. The van der Waals surface area contributed by atoms with E-state index < -0.39 is 38.7 Å². The number of ether oxygens (including phenoxy) is 1. The SMILES string of the molecule is CC(C)(C)OC1CC2CC1CC2C(F)(F)C(F)(F)S(=O)(=O)O. The highest BCUT2D eigenvalue weighted by atomic mass is 32.2. The van der Waals surface area contributed by atoms with Crippen LogP contribution in [0.1, 0.15) is 40.0 Å². The van der Waals surface area contributed by atoms with Crippen molar-refractivity contribution in [1.29, 1.82) is 0 Å². The van der Waals surface area contributed by atoms with Crippen LogP contribution in [0.4, 0.5) is 17.6 Å². The summed E-state index contributed by atoms with van der Waals surface area (Å²) in [5.74, 6) is -7.60. The minimum Gasteiger partial charge on any atom is -0.372 e. The van der Waals surface area contributed by atoms with Gasteiger partial charge >= 0.3 is 21.3 Å². The van der Waals surface area contributed by atoms with Crippen molar-refractivity contribution in [1.82, 2.24) is 0 Å². The average Bonchev–Trinajstić information content (AvgIpc) is 2.83. The van der Waals surface area contributed by atoms with Crippen LogP contribution in [0.5, 0.6) is 0 Å². The van der Waals surface area contributed by atoms with Gasteiger partial charge in [-0.25, -0.2) is 0 Å². The number of hydrogen-bond donors (Lipinski definition) is 1. The zero-order valence-corrected chi connectivity index (χ0v) is 13.3. The molecular weight excluding hydrogens is 328 g/mol. The molecule has 0 aromatic carbocycles. The van der Waals surface area contributed by atoms with Crippen LogP contribution in [-0.2, 0) is 14.9 Å². The van der Waals surface area contributed by atoms with E-state index in [9.17, 15) is 26.0 Å². The van der Waals surface area contributed by atoms with E-state index in [2.05, 4.69) is 0 Å². The monoisotopic (exact) mass is 348 g/mol. The number of halogens is 4. The fraction of sp³-hybridized carbons (Fsp3) is 1.00. The number of hydrogen-bond acceptors (Lipinski definition) is 3. The highest BCUT2D eigenvalue weighted by Crippen LogP contribution is 2.59. The standard InChI is InChI=1S/C13H20F4O4S/c1-11(2,3)21-10-6-7-4-8(10)5-9(7)12(14,15)13(16,17)22(18,19)20/h7-10H,4-6H2,1-3H3,(H,18,19,20). The Morgan fingerprint density at radius 2 is 1.55 bits per heavy atom. The molecule has 2 aliphatic carbocycles. The highest BCUT2D eigenvalue weighted by molar-refractivity contribution is 7.87. The molecule has 2 aliphatic rings. The lowest BCUT2D eigenvalue weighted by Gasteiger charge is -2.37. The van der Waals surface area contributed by atoms with Crippen molar-refractivity contribution in [3.8, 4) is 0 Å². The molecule has 2 bridgehead atoms. The number of fused-ring (bicyclic) bond motifs is 2. The van der Waals surface area contributed by atoms with Crippen molar-refractivity contribution in [2.24, 2.45) is 17.8 Å². The Morgan fingerprint density at radius 1 is 1.00 bits per heavy atom. The van der Waals surface area contributed by atoms with E-state index in [1.54, 1.807) is 0 Å². The molecule has 0 aliphatic heterocycles. The summed E-state index contributed by atoms with van der Waals surface area (Å²) in [6.45, 7) is 5.45. The molecule has 9 heteroatoms. The second-order valence-electron chi connectivity index (χ2n) is 7.22. The largest absolute Gasteiger partial charge is 0.431 e. The molecule has 0 aromatic rings. The molecular formula is C13H20F4O4S. The molecule has 0 amide bonds. The van der Waals surface area contributed by atoms with Gasteiger partial charge in [-0.15, -0.1) is 0 Å². The van der Waals surface area contributed by atoms with Crippen LogP contribution in [0.15, 0.2) is 0 Å². The van der Waals surface area contributed by atoms with Gasteiger partial charge in [0, 0.05) is 5.92 Å². The summed E-state index contributed by atoms with van der Waals surface area (Å²) in [7, 11) is -6.17. The second kappa shape index (κ2) is 5.04. The maximum absolute atomic E-state index is 14.0. The molecule has 0 aromatic heterocycles. The maximum atomic E-state index is 14.0. The molecule has 0 heterocycles. The summed E-state index contributed by atoms with van der Waals surface area (Å²) in [5.41, 5.74) is -0.467. The van der Waals surface area contributed by atoms with E-state index in [4.69, 9.17) is 9.29 Å². The summed E-state index contributed by atoms with van der Waals surface area (Å²) in [6.07, 6.45) is -0.00746. The third-order valence-corrected chi connectivity index (χ3v) is 5.39.